The fraction of sp³-hybridized carbons (Fsp3) is 0.0476. The Morgan fingerprint density at radius 1 is 1.11 bits per heavy atom. The van der Waals surface area contributed by atoms with Gasteiger partial charge in [0.05, 0.1) is 9.88 Å². The number of nitrogens with zero attached hydrogens (tertiary/aromatic N) is 2. The van der Waals surface area contributed by atoms with Crippen LogP contribution in [0, 0.1) is 6.92 Å². The number of H-pyrrole nitrogens is 1. The van der Waals surface area contributed by atoms with Crippen molar-refractivity contribution in [2.24, 2.45) is 5.73 Å². The van der Waals surface area contributed by atoms with Crippen LogP contribution in [0.15, 0.2) is 55.0 Å². The number of thiazole rings is 1. The van der Waals surface area contributed by atoms with E-state index in [9.17, 15) is 9.59 Å². The first-order valence-corrected chi connectivity index (χ1v) is 9.35. The molecule has 0 atom stereocenters. The van der Waals surface area contributed by atoms with Crippen LogP contribution >= 0.6 is 11.3 Å². The first-order chi connectivity index (χ1) is 13.5. The van der Waals surface area contributed by atoms with Crippen LogP contribution in [0.1, 0.15) is 25.8 Å². The third kappa shape index (κ3) is 3.47. The molecular weight excluding hydrogens is 372 g/mol. The molecule has 3 aromatic heterocycles. The second kappa shape index (κ2) is 7.21. The molecule has 138 valence electrons. The van der Waals surface area contributed by atoms with Gasteiger partial charge in [0.25, 0.3) is 0 Å². The van der Waals surface area contributed by atoms with Gasteiger partial charge in [-0.3, -0.25) is 9.59 Å². The Kier molecular flexibility index (Phi) is 4.58. The maximum Gasteiger partial charge on any atom is 0.241 e. The van der Waals surface area contributed by atoms with Crippen LogP contribution in [-0.2, 0) is 4.79 Å². The average molecular weight is 388 g/mol. The van der Waals surface area contributed by atoms with E-state index in [1.807, 2.05) is 37.3 Å². The molecular formula is C21H16N4O2S. The van der Waals surface area contributed by atoms with Crippen LogP contribution in [0.25, 0.3) is 28.2 Å². The number of aryl methyl sites for hydroxylation is 1. The topological polar surface area (TPSA) is 102 Å². The minimum atomic E-state index is -0.505. The zero-order chi connectivity index (χ0) is 19.7. The van der Waals surface area contributed by atoms with Gasteiger partial charge in [-0.1, -0.05) is 24.3 Å². The SMILES string of the molecule is Cc1ncc(C(=O)c2ccc(-c3cnc4[nH]cc(C=CC(N)=O)c4c3)cc2)s1. The number of carbonyl (C=O) groups is 2. The third-order valence-corrected chi connectivity index (χ3v) is 5.23. The largest absolute Gasteiger partial charge is 0.366 e. The molecule has 0 fully saturated rings. The van der Waals surface area contributed by atoms with Crippen LogP contribution in [0.4, 0.5) is 0 Å². The van der Waals surface area contributed by atoms with E-state index in [1.54, 1.807) is 24.7 Å². The monoisotopic (exact) mass is 388 g/mol. The Balaban J connectivity index is 1.65. The normalized spacial score (nSPS) is 11.3. The summed E-state index contributed by atoms with van der Waals surface area (Å²) in [5.74, 6) is -0.537. The van der Waals surface area contributed by atoms with Gasteiger partial charge in [0, 0.05) is 46.7 Å². The van der Waals surface area contributed by atoms with Gasteiger partial charge in [-0.05, 0) is 24.6 Å². The van der Waals surface area contributed by atoms with Crippen molar-refractivity contribution in [2.45, 2.75) is 6.92 Å². The Morgan fingerprint density at radius 3 is 2.57 bits per heavy atom. The van der Waals surface area contributed by atoms with Gasteiger partial charge in [-0.25, -0.2) is 9.97 Å². The third-order valence-electron chi connectivity index (χ3n) is 4.32. The Hall–Kier alpha value is -3.58. The molecule has 0 unspecified atom stereocenters. The van der Waals surface area contributed by atoms with Crippen molar-refractivity contribution in [3.8, 4) is 11.1 Å². The van der Waals surface area contributed by atoms with Crippen LogP contribution in [0.3, 0.4) is 0 Å². The van der Waals surface area contributed by atoms with Crippen LogP contribution in [0.5, 0.6) is 0 Å². The van der Waals surface area contributed by atoms with Gasteiger partial charge in [0.1, 0.15) is 5.65 Å². The number of primary amides is 1. The molecule has 0 saturated heterocycles. The minimum absolute atomic E-state index is 0.0322. The highest BCUT2D eigenvalue weighted by atomic mass is 32.1. The number of carbonyl (C=O) groups excluding carboxylic acids is 2. The van der Waals surface area contributed by atoms with E-state index in [0.717, 1.165) is 32.7 Å². The first kappa shape index (κ1) is 17.8. The van der Waals surface area contributed by atoms with Crippen LogP contribution in [-0.4, -0.2) is 26.6 Å². The van der Waals surface area contributed by atoms with Crippen molar-refractivity contribution in [2.75, 3.05) is 0 Å². The van der Waals surface area contributed by atoms with Gasteiger partial charge in [-0.2, -0.15) is 0 Å². The highest BCUT2D eigenvalue weighted by Crippen LogP contribution is 2.26. The number of hydrogen-bond donors (Lipinski definition) is 2. The number of fused-ring (bicyclic) bond motifs is 1. The highest BCUT2D eigenvalue weighted by molar-refractivity contribution is 7.13. The summed E-state index contributed by atoms with van der Waals surface area (Å²) in [6.45, 7) is 1.88. The highest BCUT2D eigenvalue weighted by Gasteiger charge is 2.12. The van der Waals surface area contributed by atoms with Crippen molar-refractivity contribution in [1.82, 2.24) is 15.0 Å². The molecule has 4 aromatic rings. The Morgan fingerprint density at radius 2 is 1.89 bits per heavy atom. The number of nitrogens with two attached hydrogens (primary N) is 1. The van der Waals surface area contributed by atoms with E-state index in [0.29, 0.717) is 10.4 Å². The molecule has 7 heteroatoms. The number of benzene rings is 1. The van der Waals surface area contributed by atoms with Gasteiger partial charge in [-0.15, -0.1) is 11.3 Å². The molecule has 3 heterocycles. The number of amides is 1. The van der Waals surface area contributed by atoms with E-state index in [4.69, 9.17) is 5.73 Å². The second-order valence-electron chi connectivity index (χ2n) is 6.25. The van der Waals surface area contributed by atoms with Gasteiger partial charge in [0.15, 0.2) is 0 Å². The molecule has 0 aliphatic rings. The van der Waals surface area contributed by atoms with E-state index in [2.05, 4.69) is 15.0 Å². The number of rotatable bonds is 5. The predicted octanol–water partition coefficient (Wildman–Crippen LogP) is 3.72. The fourth-order valence-electron chi connectivity index (χ4n) is 2.91. The Bertz CT molecular complexity index is 1220. The summed E-state index contributed by atoms with van der Waals surface area (Å²) in [4.78, 5) is 35.8. The first-order valence-electron chi connectivity index (χ1n) is 8.53. The number of hydrogen-bond acceptors (Lipinski definition) is 5. The molecule has 0 spiro atoms. The molecule has 0 saturated carbocycles. The van der Waals surface area contributed by atoms with Gasteiger partial charge < -0.3 is 10.7 Å². The standard InChI is InChI=1S/C21H16N4O2S/c1-12-23-11-18(28-12)20(27)14-4-2-13(3-5-14)16-8-17-15(6-7-19(22)26)9-24-21(17)25-10-16/h2-11H,1H3,(H2,22,26)(H,24,25). The number of aromatic nitrogens is 3. The molecule has 1 aromatic carbocycles. The summed E-state index contributed by atoms with van der Waals surface area (Å²) in [5.41, 5.74) is 9.20. The molecule has 0 bridgehead atoms. The van der Waals surface area contributed by atoms with E-state index in [1.165, 1.54) is 17.4 Å². The summed E-state index contributed by atoms with van der Waals surface area (Å²) in [6, 6.07) is 9.40. The van der Waals surface area contributed by atoms with Gasteiger partial charge >= 0.3 is 0 Å². The number of ketones is 1. The molecule has 0 aliphatic heterocycles. The molecule has 1 amide bonds. The number of nitrogens with one attached hydrogen (secondary N) is 1. The van der Waals surface area contributed by atoms with E-state index >= 15 is 0 Å². The molecule has 0 aliphatic carbocycles. The van der Waals surface area contributed by atoms with Crippen molar-refractivity contribution < 1.29 is 9.59 Å². The molecule has 6 nitrogen and oxygen atoms in total. The maximum atomic E-state index is 12.5. The fourth-order valence-corrected chi connectivity index (χ4v) is 3.65. The average Bonchev–Trinajstić information content (AvgIpc) is 3.31. The quantitative estimate of drug-likeness (QED) is 0.402. The lowest BCUT2D eigenvalue weighted by molar-refractivity contribution is -0.113. The number of pyridine rings is 1. The van der Waals surface area contributed by atoms with E-state index < -0.39 is 5.91 Å². The summed E-state index contributed by atoms with van der Waals surface area (Å²) < 4.78 is 0. The zero-order valence-electron chi connectivity index (χ0n) is 15.0. The molecule has 0 radical (unpaired) electrons. The summed E-state index contributed by atoms with van der Waals surface area (Å²) in [7, 11) is 0. The minimum Gasteiger partial charge on any atom is -0.366 e. The summed E-state index contributed by atoms with van der Waals surface area (Å²) >= 11 is 1.39. The lowest BCUT2D eigenvalue weighted by Gasteiger charge is -2.04. The predicted molar refractivity (Wildman–Crippen MR) is 110 cm³/mol. The second-order valence-corrected chi connectivity index (χ2v) is 7.48. The zero-order valence-corrected chi connectivity index (χ0v) is 15.8. The van der Waals surface area contributed by atoms with Crippen molar-refractivity contribution in [3.63, 3.8) is 0 Å². The van der Waals surface area contributed by atoms with Crippen LogP contribution < -0.4 is 5.73 Å². The van der Waals surface area contributed by atoms with Crippen molar-refractivity contribution >= 4 is 40.1 Å². The summed E-state index contributed by atoms with van der Waals surface area (Å²) in [5, 5.41) is 1.75. The van der Waals surface area contributed by atoms with Crippen molar-refractivity contribution in [1.29, 1.82) is 0 Å². The lowest BCUT2D eigenvalue weighted by Crippen LogP contribution is -2.04. The molecule has 3 N–H and O–H groups in total. The van der Waals surface area contributed by atoms with E-state index in [-0.39, 0.29) is 5.78 Å². The lowest BCUT2D eigenvalue weighted by atomic mass is 10.0. The Labute approximate surface area is 164 Å². The molecule has 28 heavy (non-hydrogen) atoms. The summed E-state index contributed by atoms with van der Waals surface area (Å²) in [6.07, 6.45) is 8.13. The van der Waals surface area contributed by atoms with Gasteiger partial charge in [0.2, 0.25) is 11.7 Å². The van der Waals surface area contributed by atoms with Crippen LogP contribution in [0.2, 0.25) is 0 Å². The smallest absolute Gasteiger partial charge is 0.241 e. The molecule has 4 rings (SSSR count). The number of aromatic amines is 1. The maximum absolute atomic E-state index is 12.5. The van der Waals surface area contributed by atoms with Crippen molar-refractivity contribution in [3.05, 3.63) is 76.0 Å².